The van der Waals surface area contributed by atoms with E-state index in [2.05, 4.69) is 57.4 Å². The minimum atomic E-state index is 0.629. The number of aryl methyl sites for hydroxylation is 2. The van der Waals surface area contributed by atoms with Crippen LogP contribution in [0, 0.1) is 5.92 Å². The molecule has 1 nitrogen and oxygen atoms in total. The Bertz CT molecular complexity index is 317. The molecule has 1 heteroatoms. The van der Waals surface area contributed by atoms with Gasteiger partial charge in [0.15, 0.2) is 0 Å². The molecular formula is C16H27N. The highest BCUT2D eigenvalue weighted by molar-refractivity contribution is 5.23. The molecule has 0 aliphatic rings. The van der Waals surface area contributed by atoms with Crippen LogP contribution in [0.15, 0.2) is 24.3 Å². The van der Waals surface area contributed by atoms with Gasteiger partial charge in [-0.2, -0.15) is 0 Å². The van der Waals surface area contributed by atoms with Crippen molar-refractivity contribution in [2.45, 2.75) is 52.5 Å². The molecule has 0 spiro atoms. The van der Waals surface area contributed by atoms with Crippen LogP contribution in [0.3, 0.4) is 0 Å². The molecule has 0 saturated heterocycles. The molecule has 0 heterocycles. The molecule has 1 aromatic rings. The summed E-state index contributed by atoms with van der Waals surface area (Å²) >= 11 is 0. The van der Waals surface area contributed by atoms with Crippen LogP contribution in [0.25, 0.3) is 0 Å². The third-order valence-electron chi connectivity index (χ3n) is 3.45. The Morgan fingerprint density at radius 1 is 1.12 bits per heavy atom. The second kappa shape index (κ2) is 7.50. The van der Waals surface area contributed by atoms with Gasteiger partial charge in [-0.05, 0) is 43.4 Å². The third-order valence-corrected chi connectivity index (χ3v) is 3.45. The van der Waals surface area contributed by atoms with Crippen molar-refractivity contribution >= 4 is 0 Å². The molecule has 0 fully saturated rings. The second-order valence-corrected chi connectivity index (χ2v) is 5.25. The highest BCUT2D eigenvalue weighted by Crippen LogP contribution is 2.13. The maximum absolute atomic E-state index is 3.41. The first-order chi connectivity index (χ1) is 8.17. The number of hydrogen-bond acceptors (Lipinski definition) is 1. The van der Waals surface area contributed by atoms with Crippen LogP contribution in [0.1, 0.15) is 44.7 Å². The minimum absolute atomic E-state index is 0.629. The lowest BCUT2D eigenvalue weighted by Gasteiger charge is -2.20. The van der Waals surface area contributed by atoms with Gasteiger partial charge in [-0.25, -0.2) is 0 Å². The Hall–Kier alpha value is -0.820. The van der Waals surface area contributed by atoms with Crippen molar-refractivity contribution in [2.75, 3.05) is 7.05 Å². The van der Waals surface area contributed by atoms with E-state index in [0.717, 1.165) is 0 Å². The highest BCUT2D eigenvalue weighted by atomic mass is 14.9. The molecule has 1 aromatic carbocycles. The van der Waals surface area contributed by atoms with E-state index in [1.54, 1.807) is 0 Å². The molecule has 17 heavy (non-hydrogen) atoms. The van der Waals surface area contributed by atoms with Crippen LogP contribution in [0.5, 0.6) is 0 Å². The molecule has 0 amide bonds. The zero-order valence-corrected chi connectivity index (χ0v) is 11.8. The first kappa shape index (κ1) is 14.2. The van der Waals surface area contributed by atoms with Gasteiger partial charge in [-0.3, -0.25) is 0 Å². The van der Waals surface area contributed by atoms with E-state index in [-0.39, 0.29) is 0 Å². The predicted octanol–water partition coefficient (Wildman–Crippen LogP) is 3.82. The fraction of sp³-hybridized carbons (Fsp3) is 0.625. The van der Waals surface area contributed by atoms with Gasteiger partial charge >= 0.3 is 0 Å². The molecular weight excluding hydrogens is 206 g/mol. The fourth-order valence-electron chi connectivity index (χ4n) is 2.36. The molecule has 1 unspecified atom stereocenters. The Kier molecular flexibility index (Phi) is 6.28. The summed E-state index contributed by atoms with van der Waals surface area (Å²) in [4.78, 5) is 0. The van der Waals surface area contributed by atoms with Crippen molar-refractivity contribution < 1.29 is 0 Å². The zero-order valence-electron chi connectivity index (χ0n) is 11.8. The van der Waals surface area contributed by atoms with Crippen molar-refractivity contribution in [3.8, 4) is 0 Å². The smallest absolute Gasteiger partial charge is 0.00902 e. The summed E-state index contributed by atoms with van der Waals surface area (Å²) in [5, 5.41) is 3.41. The fourth-order valence-corrected chi connectivity index (χ4v) is 2.36. The normalized spacial score (nSPS) is 13.0. The largest absolute Gasteiger partial charge is 0.317 e. The Balaban J connectivity index is 2.53. The number of benzene rings is 1. The second-order valence-electron chi connectivity index (χ2n) is 5.25. The molecule has 0 bridgehead atoms. The lowest BCUT2D eigenvalue weighted by Crippen LogP contribution is -2.30. The molecule has 1 N–H and O–H groups in total. The van der Waals surface area contributed by atoms with Crippen LogP contribution >= 0.6 is 0 Å². The van der Waals surface area contributed by atoms with Gasteiger partial charge in [0.25, 0.3) is 0 Å². The van der Waals surface area contributed by atoms with Crippen molar-refractivity contribution in [3.05, 3.63) is 35.4 Å². The van der Waals surface area contributed by atoms with Gasteiger partial charge in [0, 0.05) is 6.04 Å². The predicted molar refractivity (Wildman–Crippen MR) is 76.4 cm³/mol. The van der Waals surface area contributed by atoms with E-state index < -0.39 is 0 Å². The summed E-state index contributed by atoms with van der Waals surface area (Å²) in [6.45, 7) is 6.81. The summed E-state index contributed by atoms with van der Waals surface area (Å²) in [6.07, 6.45) is 4.84. The van der Waals surface area contributed by atoms with Crippen molar-refractivity contribution in [3.63, 3.8) is 0 Å². The van der Waals surface area contributed by atoms with Crippen LogP contribution < -0.4 is 5.32 Å². The van der Waals surface area contributed by atoms with Gasteiger partial charge in [-0.15, -0.1) is 0 Å². The molecule has 0 saturated carbocycles. The summed E-state index contributed by atoms with van der Waals surface area (Å²) < 4.78 is 0. The first-order valence-corrected chi connectivity index (χ1v) is 6.92. The monoisotopic (exact) mass is 233 g/mol. The van der Waals surface area contributed by atoms with Gasteiger partial charge in [0.1, 0.15) is 0 Å². The summed E-state index contributed by atoms with van der Waals surface area (Å²) in [6, 6.07) is 9.70. The lowest BCUT2D eigenvalue weighted by molar-refractivity contribution is 0.403. The van der Waals surface area contributed by atoms with E-state index in [1.807, 2.05) is 0 Å². The van der Waals surface area contributed by atoms with Gasteiger partial charge < -0.3 is 5.32 Å². The number of rotatable bonds is 7. The van der Waals surface area contributed by atoms with E-state index >= 15 is 0 Å². The van der Waals surface area contributed by atoms with Crippen molar-refractivity contribution in [1.29, 1.82) is 0 Å². The maximum atomic E-state index is 3.41. The quantitative estimate of drug-likeness (QED) is 0.755. The van der Waals surface area contributed by atoms with Crippen LogP contribution in [0.2, 0.25) is 0 Å². The van der Waals surface area contributed by atoms with Crippen LogP contribution in [-0.2, 0) is 12.8 Å². The topological polar surface area (TPSA) is 12.0 Å². The Labute approximate surface area is 107 Å². The van der Waals surface area contributed by atoms with E-state index in [9.17, 15) is 0 Å². The lowest BCUT2D eigenvalue weighted by atomic mass is 9.96. The van der Waals surface area contributed by atoms with E-state index in [1.165, 1.54) is 36.8 Å². The molecule has 96 valence electrons. The molecule has 0 aliphatic heterocycles. The molecule has 0 aliphatic carbocycles. The maximum Gasteiger partial charge on any atom is 0.00902 e. The average Bonchev–Trinajstić information content (AvgIpc) is 2.30. The van der Waals surface area contributed by atoms with Crippen molar-refractivity contribution in [1.82, 2.24) is 5.32 Å². The highest BCUT2D eigenvalue weighted by Gasteiger charge is 2.10. The standard InChI is InChI=1S/C16H27N/c1-5-7-14-8-6-9-15(12-14)10-11-16(17-4)13(2)3/h6,8-9,12-13,16-17H,5,7,10-11H2,1-4H3. The van der Waals surface area contributed by atoms with E-state index in [0.29, 0.717) is 12.0 Å². The van der Waals surface area contributed by atoms with Crippen molar-refractivity contribution in [2.24, 2.45) is 5.92 Å². The average molecular weight is 233 g/mol. The van der Waals surface area contributed by atoms with Gasteiger partial charge in [-0.1, -0.05) is 51.5 Å². The zero-order chi connectivity index (χ0) is 12.7. The number of hydrogen-bond donors (Lipinski definition) is 1. The molecule has 0 radical (unpaired) electrons. The number of nitrogens with one attached hydrogen (secondary N) is 1. The molecule has 1 atom stereocenters. The Morgan fingerprint density at radius 2 is 1.76 bits per heavy atom. The SMILES string of the molecule is CCCc1cccc(CCC(NC)C(C)C)c1. The van der Waals surface area contributed by atoms with E-state index in [4.69, 9.17) is 0 Å². The Morgan fingerprint density at radius 3 is 2.29 bits per heavy atom. The summed E-state index contributed by atoms with van der Waals surface area (Å²) in [5.41, 5.74) is 2.97. The third kappa shape index (κ3) is 4.91. The van der Waals surface area contributed by atoms with Gasteiger partial charge in [0.2, 0.25) is 0 Å². The van der Waals surface area contributed by atoms with Crippen LogP contribution in [0.4, 0.5) is 0 Å². The minimum Gasteiger partial charge on any atom is -0.317 e. The molecule has 1 rings (SSSR count). The summed E-state index contributed by atoms with van der Waals surface area (Å²) in [5.74, 6) is 0.707. The molecule has 0 aromatic heterocycles. The summed E-state index contributed by atoms with van der Waals surface area (Å²) in [7, 11) is 2.07. The van der Waals surface area contributed by atoms with Gasteiger partial charge in [0.05, 0.1) is 0 Å². The van der Waals surface area contributed by atoms with Crippen LogP contribution in [-0.4, -0.2) is 13.1 Å². The first-order valence-electron chi connectivity index (χ1n) is 6.92.